The number of likely N-dealkylation sites (N-methyl/N-ethyl adjacent to an activating group) is 1. The lowest BCUT2D eigenvalue weighted by Gasteiger charge is -2.10. The second-order valence-corrected chi connectivity index (χ2v) is 3.95. The number of aromatic nitrogens is 2. The Morgan fingerprint density at radius 1 is 1.64 bits per heavy atom. The lowest BCUT2D eigenvalue weighted by atomic mass is 10.5. The van der Waals surface area contributed by atoms with Gasteiger partial charge in [-0.1, -0.05) is 11.3 Å². The Morgan fingerprint density at radius 3 is 2.86 bits per heavy atom. The van der Waals surface area contributed by atoms with Gasteiger partial charge in [0.1, 0.15) is 5.01 Å². The van der Waals surface area contributed by atoms with E-state index in [0.29, 0.717) is 6.54 Å². The normalized spacial score (nSPS) is 10.5. The molecular weight excluding hydrogens is 202 g/mol. The number of nitrogens with zero attached hydrogens (tertiary/aromatic N) is 3. The van der Waals surface area contributed by atoms with Crippen molar-refractivity contribution in [3.8, 4) is 0 Å². The molecule has 0 aliphatic heterocycles. The quantitative estimate of drug-likeness (QED) is 0.691. The summed E-state index contributed by atoms with van der Waals surface area (Å²) in [6.45, 7) is 0.816. The van der Waals surface area contributed by atoms with Crippen molar-refractivity contribution in [2.24, 2.45) is 5.73 Å². The van der Waals surface area contributed by atoms with Gasteiger partial charge in [0.05, 0.1) is 13.1 Å². The van der Waals surface area contributed by atoms with E-state index in [4.69, 9.17) is 5.73 Å². The maximum atomic E-state index is 10.6. The fraction of sp³-hybridized carbons (Fsp3) is 0.571. The SMILES string of the molecule is CNc1nnc(CN(C)CC(N)=O)s1. The summed E-state index contributed by atoms with van der Waals surface area (Å²) < 4.78 is 0. The largest absolute Gasteiger partial charge is 0.369 e. The first-order chi connectivity index (χ1) is 6.61. The number of anilines is 1. The first-order valence-electron chi connectivity index (χ1n) is 4.09. The zero-order valence-electron chi connectivity index (χ0n) is 8.15. The summed E-state index contributed by atoms with van der Waals surface area (Å²) in [4.78, 5) is 12.4. The number of amides is 1. The van der Waals surface area contributed by atoms with Gasteiger partial charge in [0.15, 0.2) is 0 Å². The molecule has 1 aromatic heterocycles. The Morgan fingerprint density at radius 2 is 2.36 bits per heavy atom. The minimum atomic E-state index is -0.342. The third-order valence-electron chi connectivity index (χ3n) is 1.51. The smallest absolute Gasteiger partial charge is 0.231 e. The topological polar surface area (TPSA) is 84.1 Å². The molecule has 1 aromatic rings. The highest BCUT2D eigenvalue weighted by Crippen LogP contribution is 2.15. The lowest BCUT2D eigenvalue weighted by Crippen LogP contribution is -2.30. The standard InChI is InChI=1S/C7H13N5OS/c1-9-7-11-10-6(14-7)4-12(2)3-5(8)13/h3-4H2,1-2H3,(H2,8,13)(H,9,11). The molecule has 6 nitrogen and oxygen atoms in total. The third kappa shape index (κ3) is 3.27. The van der Waals surface area contributed by atoms with Crippen molar-refractivity contribution in [2.45, 2.75) is 6.54 Å². The summed E-state index contributed by atoms with van der Waals surface area (Å²) in [5, 5.41) is 12.4. The van der Waals surface area contributed by atoms with Crippen LogP contribution in [0.25, 0.3) is 0 Å². The molecule has 14 heavy (non-hydrogen) atoms. The van der Waals surface area contributed by atoms with Crippen molar-refractivity contribution in [3.05, 3.63) is 5.01 Å². The van der Waals surface area contributed by atoms with Gasteiger partial charge in [-0.3, -0.25) is 9.69 Å². The molecule has 0 atom stereocenters. The number of rotatable bonds is 5. The summed E-state index contributed by atoms with van der Waals surface area (Å²) >= 11 is 1.46. The van der Waals surface area contributed by atoms with Gasteiger partial charge in [-0.2, -0.15) is 0 Å². The number of hydrogen-bond acceptors (Lipinski definition) is 6. The van der Waals surface area contributed by atoms with Crippen molar-refractivity contribution in [1.29, 1.82) is 0 Å². The van der Waals surface area contributed by atoms with E-state index >= 15 is 0 Å². The van der Waals surface area contributed by atoms with Crippen molar-refractivity contribution >= 4 is 22.4 Å². The van der Waals surface area contributed by atoms with E-state index in [1.165, 1.54) is 11.3 Å². The number of carbonyl (C=O) groups excluding carboxylic acids is 1. The van der Waals surface area contributed by atoms with E-state index in [2.05, 4.69) is 15.5 Å². The van der Waals surface area contributed by atoms with Crippen LogP contribution < -0.4 is 11.1 Å². The number of nitrogens with one attached hydrogen (secondary N) is 1. The van der Waals surface area contributed by atoms with Crippen molar-refractivity contribution in [3.63, 3.8) is 0 Å². The Bertz CT molecular complexity index is 313. The fourth-order valence-electron chi connectivity index (χ4n) is 0.971. The van der Waals surface area contributed by atoms with E-state index in [1.807, 2.05) is 7.05 Å². The summed E-state index contributed by atoms with van der Waals surface area (Å²) in [5.41, 5.74) is 5.05. The predicted molar refractivity (Wildman–Crippen MR) is 55.0 cm³/mol. The average Bonchev–Trinajstić information content (AvgIpc) is 2.50. The van der Waals surface area contributed by atoms with Crippen LogP contribution in [0.2, 0.25) is 0 Å². The summed E-state index contributed by atoms with van der Waals surface area (Å²) in [7, 11) is 3.60. The van der Waals surface area contributed by atoms with Gasteiger partial charge < -0.3 is 11.1 Å². The molecule has 1 rings (SSSR count). The second kappa shape index (κ2) is 4.87. The van der Waals surface area contributed by atoms with Gasteiger partial charge in [0, 0.05) is 7.05 Å². The van der Waals surface area contributed by atoms with E-state index in [-0.39, 0.29) is 12.5 Å². The summed E-state index contributed by atoms with van der Waals surface area (Å²) in [5.74, 6) is -0.342. The molecule has 0 radical (unpaired) electrons. The molecule has 3 N–H and O–H groups in total. The van der Waals surface area contributed by atoms with Crippen LogP contribution in [0.15, 0.2) is 0 Å². The first-order valence-corrected chi connectivity index (χ1v) is 4.90. The second-order valence-electron chi connectivity index (χ2n) is 2.89. The molecule has 0 saturated heterocycles. The lowest BCUT2D eigenvalue weighted by molar-refractivity contribution is -0.118. The summed E-state index contributed by atoms with van der Waals surface area (Å²) in [6.07, 6.45) is 0. The highest BCUT2D eigenvalue weighted by molar-refractivity contribution is 7.15. The Hall–Kier alpha value is -1.21. The van der Waals surface area contributed by atoms with Crippen LogP contribution in [-0.4, -0.2) is 41.6 Å². The van der Waals surface area contributed by atoms with E-state index < -0.39 is 0 Å². The van der Waals surface area contributed by atoms with Crippen LogP contribution in [-0.2, 0) is 11.3 Å². The monoisotopic (exact) mass is 215 g/mol. The molecule has 0 aromatic carbocycles. The van der Waals surface area contributed by atoms with Gasteiger partial charge in [-0.25, -0.2) is 0 Å². The molecule has 0 aliphatic carbocycles. The third-order valence-corrected chi connectivity index (χ3v) is 2.44. The van der Waals surface area contributed by atoms with Gasteiger partial charge >= 0.3 is 0 Å². The van der Waals surface area contributed by atoms with Crippen LogP contribution in [0, 0.1) is 0 Å². The molecule has 7 heteroatoms. The van der Waals surface area contributed by atoms with Gasteiger partial charge in [-0.05, 0) is 7.05 Å². The fourth-order valence-corrected chi connectivity index (χ4v) is 1.74. The number of carbonyl (C=O) groups is 1. The Labute approximate surface area is 86.1 Å². The van der Waals surface area contributed by atoms with Crippen LogP contribution in [0.3, 0.4) is 0 Å². The minimum Gasteiger partial charge on any atom is -0.369 e. The molecule has 1 amide bonds. The van der Waals surface area contributed by atoms with Gasteiger partial charge in [-0.15, -0.1) is 10.2 Å². The minimum absolute atomic E-state index is 0.231. The van der Waals surface area contributed by atoms with Gasteiger partial charge in [0.2, 0.25) is 11.0 Å². The van der Waals surface area contributed by atoms with Crippen molar-refractivity contribution in [2.75, 3.05) is 26.0 Å². The van der Waals surface area contributed by atoms with Crippen LogP contribution in [0.4, 0.5) is 5.13 Å². The molecule has 0 fully saturated rings. The van der Waals surface area contributed by atoms with E-state index in [9.17, 15) is 4.79 Å². The van der Waals surface area contributed by atoms with E-state index in [1.54, 1.807) is 11.9 Å². The zero-order chi connectivity index (χ0) is 10.6. The molecule has 0 aliphatic rings. The Balaban J connectivity index is 2.47. The molecule has 0 saturated carbocycles. The summed E-state index contributed by atoms with van der Waals surface area (Å²) in [6, 6.07) is 0. The number of primary amides is 1. The molecule has 0 unspecified atom stereocenters. The van der Waals surface area contributed by atoms with Crippen molar-refractivity contribution in [1.82, 2.24) is 15.1 Å². The molecule has 0 spiro atoms. The van der Waals surface area contributed by atoms with Crippen molar-refractivity contribution < 1.29 is 4.79 Å². The maximum absolute atomic E-state index is 10.6. The molecule has 0 bridgehead atoms. The number of nitrogens with two attached hydrogens (primary N) is 1. The van der Waals surface area contributed by atoms with Crippen LogP contribution in [0.5, 0.6) is 0 Å². The highest BCUT2D eigenvalue weighted by Gasteiger charge is 2.07. The zero-order valence-corrected chi connectivity index (χ0v) is 8.97. The van der Waals surface area contributed by atoms with E-state index in [0.717, 1.165) is 10.1 Å². The first kappa shape index (κ1) is 10.9. The van der Waals surface area contributed by atoms with Crippen LogP contribution in [0.1, 0.15) is 5.01 Å². The molecule has 1 heterocycles. The van der Waals surface area contributed by atoms with Gasteiger partial charge in [0.25, 0.3) is 0 Å². The molecular formula is C7H13N5OS. The highest BCUT2D eigenvalue weighted by atomic mass is 32.1. The average molecular weight is 215 g/mol. The molecule has 78 valence electrons. The maximum Gasteiger partial charge on any atom is 0.231 e. The predicted octanol–water partition coefficient (Wildman–Crippen LogP) is -0.503. The van der Waals surface area contributed by atoms with Crippen LogP contribution >= 0.6 is 11.3 Å². The Kier molecular flexibility index (Phi) is 3.78. The number of hydrogen-bond donors (Lipinski definition) is 2.